The van der Waals surface area contributed by atoms with Gasteiger partial charge in [0.1, 0.15) is 0 Å². The molecule has 0 unspecified atom stereocenters. The molecule has 0 aromatic carbocycles. The van der Waals surface area contributed by atoms with Crippen LogP contribution in [-0.4, -0.2) is 9.97 Å². The second-order valence-electron chi connectivity index (χ2n) is 2.92. The molecule has 0 spiro atoms. The Morgan fingerprint density at radius 1 is 0.867 bits per heavy atom. The van der Waals surface area contributed by atoms with Gasteiger partial charge < -0.3 is 0 Å². The van der Waals surface area contributed by atoms with E-state index < -0.39 is 0 Å². The van der Waals surface area contributed by atoms with Crippen molar-refractivity contribution in [3.8, 4) is 11.1 Å². The first-order valence-corrected chi connectivity index (χ1v) is 5.19. The Hall–Kier alpha value is -1.70. The number of hydrogen-bond acceptors (Lipinski definition) is 2. The lowest BCUT2D eigenvalue weighted by Crippen LogP contribution is -1.82. The second-order valence-corrected chi connectivity index (χ2v) is 2.92. The van der Waals surface area contributed by atoms with Gasteiger partial charge in [0.05, 0.1) is 0 Å². The third-order valence-electron chi connectivity index (χ3n) is 1.91. The summed E-state index contributed by atoms with van der Waals surface area (Å²) in [6, 6.07) is 8.06. The smallest absolute Gasteiger partial charge is 0.0378 e. The van der Waals surface area contributed by atoms with Crippen molar-refractivity contribution in [2.45, 2.75) is 20.8 Å². The molecule has 2 nitrogen and oxygen atoms in total. The summed E-state index contributed by atoms with van der Waals surface area (Å²) < 4.78 is 0. The minimum Gasteiger partial charge on any atom is -0.265 e. The fraction of sp³-hybridized carbons (Fsp3) is 0.231. The second kappa shape index (κ2) is 5.91. The van der Waals surface area contributed by atoms with Crippen molar-refractivity contribution in [2.24, 2.45) is 0 Å². The lowest BCUT2D eigenvalue weighted by Gasteiger charge is -2.00. The predicted octanol–water partition coefficient (Wildman–Crippen LogP) is 3.48. The molecule has 2 rings (SSSR count). The van der Waals surface area contributed by atoms with E-state index in [1.165, 1.54) is 11.1 Å². The van der Waals surface area contributed by atoms with Gasteiger partial charge in [0.2, 0.25) is 0 Å². The van der Waals surface area contributed by atoms with Crippen molar-refractivity contribution < 1.29 is 0 Å². The van der Waals surface area contributed by atoms with Crippen molar-refractivity contribution in [2.75, 3.05) is 0 Å². The Morgan fingerprint density at radius 2 is 1.47 bits per heavy atom. The standard InChI is InChI=1S/C11H10N2.C2H6/c1-9-8-11(4-7-13-9)10-2-5-12-6-3-10;1-2/h2-8H,1H3;1-2H3. The molecule has 0 radical (unpaired) electrons. The van der Waals surface area contributed by atoms with Crippen molar-refractivity contribution in [3.63, 3.8) is 0 Å². The molecule has 2 aromatic rings. The van der Waals surface area contributed by atoms with Crippen LogP contribution in [0.25, 0.3) is 11.1 Å². The Morgan fingerprint density at radius 3 is 2.07 bits per heavy atom. The Bertz CT molecular complexity index is 396. The van der Waals surface area contributed by atoms with E-state index in [0.717, 1.165) is 5.69 Å². The molecular formula is C13H16N2. The number of nitrogens with zero attached hydrogens (tertiary/aromatic N) is 2. The van der Waals surface area contributed by atoms with Gasteiger partial charge in [-0.15, -0.1) is 0 Å². The van der Waals surface area contributed by atoms with Crippen LogP contribution < -0.4 is 0 Å². The van der Waals surface area contributed by atoms with Gasteiger partial charge in [-0.2, -0.15) is 0 Å². The summed E-state index contributed by atoms with van der Waals surface area (Å²) in [5.74, 6) is 0. The monoisotopic (exact) mass is 200 g/mol. The van der Waals surface area contributed by atoms with E-state index in [2.05, 4.69) is 16.0 Å². The highest BCUT2D eigenvalue weighted by Crippen LogP contribution is 2.17. The molecule has 0 aliphatic heterocycles. The quantitative estimate of drug-likeness (QED) is 0.704. The topological polar surface area (TPSA) is 25.8 Å². The van der Waals surface area contributed by atoms with Crippen LogP contribution in [0, 0.1) is 6.92 Å². The van der Waals surface area contributed by atoms with Crippen molar-refractivity contribution >= 4 is 0 Å². The van der Waals surface area contributed by atoms with Crippen LogP contribution in [0.2, 0.25) is 0 Å². The first-order valence-electron chi connectivity index (χ1n) is 5.19. The predicted molar refractivity (Wildman–Crippen MR) is 63.6 cm³/mol. The highest BCUT2D eigenvalue weighted by Gasteiger charge is 1.95. The summed E-state index contributed by atoms with van der Waals surface area (Å²) in [4.78, 5) is 8.13. The molecule has 0 saturated carbocycles. The van der Waals surface area contributed by atoms with Gasteiger partial charge in [-0.3, -0.25) is 9.97 Å². The summed E-state index contributed by atoms with van der Waals surface area (Å²) in [5.41, 5.74) is 3.41. The van der Waals surface area contributed by atoms with Crippen molar-refractivity contribution in [1.82, 2.24) is 9.97 Å². The molecule has 2 heterocycles. The van der Waals surface area contributed by atoms with Gasteiger partial charge in [-0.1, -0.05) is 13.8 Å². The van der Waals surface area contributed by atoms with Crippen molar-refractivity contribution in [1.29, 1.82) is 0 Å². The van der Waals surface area contributed by atoms with Crippen LogP contribution in [-0.2, 0) is 0 Å². The third kappa shape index (κ3) is 3.17. The zero-order valence-corrected chi connectivity index (χ0v) is 9.44. The Kier molecular flexibility index (Phi) is 4.48. The summed E-state index contributed by atoms with van der Waals surface area (Å²) in [6.07, 6.45) is 5.42. The largest absolute Gasteiger partial charge is 0.265 e. The normalized spacial score (nSPS) is 9.00. The maximum atomic E-state index is 4.15. The van der Waals surface area contributed by atoms with Gasteiger partial charge in [-0.25, -0.2) is 0 Å². The molecule has 2 aromatic heterocycles. The SMILES string of the molecule is CC.Cc1cc(-c2ccncc2)ccn1. The minimum absolute atomic E-state index is 1.04. The highest BCUT2D eigenvalue weighted by atomic mass is 14.6. The maximum absolute atomic E-state index is 4.15. The van der Waals surface area contributed by atoms with Crippen LogP contribution in [0.4, 0.5) is 0 Å². The van der Waals surface area contributed by atoms with E-state index in [-0.39, 0.29) is 0 Å². The van der Waals surface area contributed by atoms with Crippen molar-refractivity contribution in [3.05, 3.63) is 48.5 Å². The molecule has 0 fully saturated rings. The Balaban J connectivity index is 0.000000531. The fourth-order valence-corrected chi connectivity index (χ4v) is 1.27. The fourth-order valence-electron chi connectivity index (χ4n) is 1.27. The lowest BCUT2D eigenvalue weighted by molar-refractivity contribution is 1.20. The molecular weight excluding hydrogens is 184 g/mol. The number of rotatable bonds is 1. The number of hydrogen-bond donors (Lipinski definition) is 0. The van der Waals surface area contributed by atoms with E-state index in [0.29, 0.717) is 0 Å². The minimum atomic E-state index is 1.04. The summed E-state index contributed by atoms with van der Waals surface area (Å²) in [5, 5.41) is 0. The van der Waals surface area contributed by atoms with Crippen LogP contribution in [0.3, 0.4) is 0 Å². The molecule has 0 atom stereocenters. The molecule has 0 bridgehead atoms. The highest BCUT2D eigenvalue weighted by molar-refractivity contribution is 5.62. The zero-order valence-electron chi connectivity index (χ0n) is 9.44. The molecule has 0 aliphatic carbocycles. The molecule has 2 heteroatoms. The molecule has 0 saturated heterocycles. The van der Waals surface area contributed by atoms with Gasteiger partial charge in [0.15, 0.2) is 0 Å². The molecule has 0 N–H and O–H groups in total. The molecule has 0 amide bonds. The Labute approximate surface area is 91.0 Å². The van der Waals surface area contributed by atoms with Crippen LogP contribution in [0.15, 0.2) is 42.9 Å². The summed E-state index contributed by atoms with van der Waals surface area (Å²) in [6.45, 7) is 5.99. The van der Waals surface area contributed by atoms with Crippen LogP contribution in [0.5, 0.6) is 0 Å². The summed E-state index contributed by atoms with van der Waals surface area (Å²) >= 11 is 0. The van der Waals surface area contributed by atoms with E-state index in [9.17, 15) is 0 Å². The average Bonchev–Trinajstić information content (AvgIpc) is 2.33. The zero-order chi connectivity index (χ0) is 11.1. The number of pyridine rings is 2. The molecule has 78 valence electrons. The molecule has 0 aliphatic rings. The van der Waals surface area contributed by atoms with Crippen LogP contribution >= 0.6 is 0 Å². The number of aromatic nitrogens is 2. The summed E-state index contributed by atoms with van der Waals surface area (Å²) in [7, 11) is 0. The lowest BCUT2D eigenvalue weighted by atomic mass is 10.1. The van der Waals surface area contributed by atoms with E-state index >= 15 is 0 Å². The first kappa shape index (κ1) is 11.4. The van der Waals surface area contributed by atoms with E-state index in [4.69, 9.17) is 0 Å². The van der Waals surface area contributed by atoms with Crippen LogP contribution in [0.1, 0.15) is 19.5 Å². The van der Waals surface area contributed by atoms with Gasteiger partial charge in [0.25, 0.3) is 0 Å². The van der Waals surface area contributed by atoms with Gasteiger partial charge >= 0.3 is 0 Å². The van der Waals surface area contributed by atoms with Gasteiger partial charge in [-0.05, 0) is 42.3 Å². The number of aryl methyl sites for hydroxylation is 1. The van der Waals surface area contributed by atoms with E-state index in [1.807, 2.05) is 45.2 Å². The molecule has 15 heavy (non-hydrogen) atoms. The van der Waals surface area contributed by atoms with E-state index in [1.54, 1.807) is 12.4 Å². The maximum Gasteiger partial charge on any atom is 0.0378 e. The van der Waals surface area contributed by atoms with Gasteiger partial charge in [0, 0.05) is 24.3 Å². The first-order chi connectivity index (χ1) is 7.36. The third-order valence-corrected chi connectivity index (χ3v) is 1.91. The average molecular weight is 200 g/mol.